The second-order valence-corrected chi connectivity index (χ2v) is 16.9. The molecule has 1 aromatic heterocycles. The van der Waals surface area contributed by atoms with E-state index < -0.39 is 0 Å². The van der Waals surface area contributed by atoms with Crippen LogP contribution in [0.25, 0.3) is 93.9 Å². The molecule has 66 heavy (non-hydrogen) atoms. The van der Waals surface area contributed by atoms with Crippen molar-refractivity contribution in [3.05, 3.63) is 267 Å². The number of nitrogens with zero attached hydrogens (tertiary/aromatic N) is 2. The van der Waals surface area contributed by atoms with Gasteiger partial charge in [0.2, 0.25) is 0 Å². The van der Waals surface area contributed by atoms with Crippen molar-refractivity contribution >= 4 is 49.6 Å². The van der Waals surface area contributed by atoms with Gasteiger partial charge >= 0.3 is 0 Å². The van der Waals surface area contributed by atoms with Crippen LogP contribution in [0.4, 0.5) is 17.1 Å². The molecular formula is C64H44N2. The molecule has 2 heteroatoms. The Labute approximate surface area is 385 Å². The molecule has 0 aliphatic heterocycles. The maximum Gasteiger partial charge on any atom is 0.0547 e. The molecule has 11 aromatic carbocycles. The molecule has 12 aromatic rings. The van der Waals surface area contributed by atoms with Gasteiger partial charge in [-0.1, -0.05) is 206 Å². The number of hydrogen-bond donors (Lipinski definition) is 0. The summed E-state index contributed by atoms with van der Waals surface area (Å²) in [5, 5.41) is 5.03. The number of hydrogen-bond acceptors (Lipinski definition) is 1. The van der Waals surface area contributed by atoms with Gasteiger partial charge in [0.25, 0.3) is 0 Å². The third-order valence-electron chi connectivity index (χ3n) is 13.0. The monoisotopic (exact) mass is 840 g/mol. The minimum atomic E-state index is 1.09. The van der Waals surface area contributed by atoms with Gasteiger partial charge in [0, 0.05) is 33.5 Å². The van der Waals surface area contributed by atoms with Crippen LogP contribution in [0.5, 0.6) is 0 Å². The highest BCUT2D eigenvalue weighted by molar-refractivity contribution is 6.16. The molecule has 310 valence electrons. The Hall–Kier alpha value is -8.72. The van der Waals surface area contributed by atoms with Gasteiger partial charge < -0.3 is 9.47 Å². The topological polar surface area (TPSA) is 8.17 Å². The summed E-state index contributed by atoms with van der Waals surface area (Å²) in [7, 11) is 0. The van der Waals surface area contributed by atoms with Crippen molar-refractivity contribution in [2.45, 2.75) is 0 Å². The molecule has 2 nitrogen and oxygen atoms in total. The molecular weight excluding hydrogens is 797 g/mol. The predicted octanol–water partition coefficient (Wildman–Crippen LogP) is 17.7. The average Bonchev–Trinajstić information content (AvgIpc) is 3.74. The lowest BCUT2D eigenvalue weighted by molar-refractivity contribution is 1.18. The van der Waals surface area contributed by atoms with Crippen LogP contribution in [0.2, 0.25) is 0 Å². The zero-order chi connectivity index (χ0) is 43.8. The van der Waals surface area contributed by atoms with Crippen molar-refractivity contribution < 1.29 is 0 Å². The van der Waals surface area contributed by atoms with Gasteiger partial charge in [-0.05, 0) is 127 Å². The van der Waals surface area contributed by atoms with Crippen molar-refractivity contribution in [3.8, 4) is 61.3 Å². The Morgan fingerprint density at radius 3 is 1.32 bits per heavy atom. The third-order valence-corrected chi connectivity index (χ3v) is 13.0. The molecule has 1 heterocycles. The maximum atomic E-state index is 2.39. The molecule has 0 unspecified atom stereocenters. The molecule has 12 rings (SSSR count). The van der Waals surface area contributed by atoms with Crippen molar-refractivity contribution in [3.63, 3.8) is 0 Å². The van der Waals surface area contributed by atoms with E-state index in [1.165, 1.54) is 88.2 Å². The largest absolute Gasteiger partial charge is 0.311 e. The Balaban J connectivity index is 0.910. The summed E-state index contributed by atoms with van der Waals surface area (Å²) < 4.78 is 2.39. The molecule has 0 amide bonds. The summed E-state index contributed by atoms with van der Waals surface area (Å²) in [5.41, 5.74) is 18.9. The number of para-hydroxylation sites is 2. The van der Waals surface area contributed by atoms with E-state index in [4.69, 9.17) is 0 Å². The SMILES string of the molecule is c1ccc(-c2ccc(N(c3ccc(-c4ccc(-c5cccc6ccccc56)cc4)cc3)c3ccc(-c4ccccc4-c4cccc5c4c4ccccc4n5-c4ccccc4)cc3)cc2)cc1. The molecule has 0 saturated heterocycles. The number of benzene rings is 11. The van der Waals surface area contributed by atoms with Crippen LogP contribution in [0.15, 0.2) is 267 Å². The van der Waals surface area contributed by atoms with Crippen LogP contribution in [0.3, 0.4) is 0 Å². The molecule has 0 aliphatic rings. The highest BCUT2D eigenvalue weighted by Gasteiger charge is 2.19. The molecule has 0 saturated carbocycles. The molecule has 0 N–H and O–H groups in total. The average molecular weight is 841 g/mol. The highest BCUT2D eigenvalue weighted by Crippen LogP contribution is 2.43. The van der Waals surface area contributed by atoms with Crippen molar-refractivity contribution in [1.29, 1.82) is 0 Å². The fourth-order valence-electron chi connectivity index (χ4n) is 9.86. The molecule has 0 aliphatic carbocycles. The van der Waals surface area contributed by atoms with Crippen molar-refractivity contribution in [1.82, 2.24) is 4.57 Å². The molecule has 0 fully saturated rings. The minimum Gasteiger partial charge on any atom is -0.311 e. The lowest BCUT2D eigenvalue weighted by Crippen LogP contribution is -2.09. The van der Waals surface area contributed by atoms with Gasteiger partial charge in [0.1, 0.15) is 0 Å². The van der Waals surface area contributed by atoms with Gasteiger partial charge in [0.15, 0.2) is 0 Å². The van der Waals surface area contributed by atoms with Gasteiger partial charge in [-0.15, -0.1) is 0 Å². The van der Waals surface area contributed by atoms with E-state index in [-0.39, 0.29) is 0 Å². The van der Waals surface area contributed by atoms with Crippen molar-refractivity contribution in [2.75, 3.05) is 4.90 Å². The summed E-state index contributed by atoms with van der Waals surface area (Å²) >= 11 is 0. The second kappa shape index (κ2) is 16.8. The van der Waals surface area contributed by atoms with Gasteiger partial charge in [0.05, 0.1) is 11.0 Å². The van der Waals surface area contributed by atoms with Crippen LogP contribution in [0.1, 0.15) is 0 Å². The fourth-order valence-corrected chi connectivity index (χ4v) is 9.86. The third kappa shape index (κ3) is 7.02. The lowest BCUT2D eigenvalue weighted by atomic mass is 9.92. The van der Waals surface area contributed by atoms with Crippen LogP contribution >= 0.6 is 0 Å². The lowest BCUT2D eigenvalue weighted by Gasteiger charge is -2.26. The van der Waals surface area contributed by atoms with Crippen LogP contribution in [-0.4, -0.2) is 4.57 Å². The van der Waals surface area contributed by atoms with E-state index in [2.05, 4.69) is 276 Å². The number of rotatable bonds is 9. The standard InChI is InChI=1S/C64H44N2/c1-3-15-45(16-4-1)47-33-39-53(40-34-47)65(54-41-35-48(36-42-54)46-29-31-50(32-30-46)57-25-13-18-49-17-7-8-21-56(49)57)55-43-37-51(38-44-55)58-22-9-10-23-59(58)60-26-14-28-63-64(60)61-24-11-12-27-62(61)66(63)52-19-5-2-6-20-52/h1-44H. The first-order valence-electron chi connectivity index (χ1n) is 22.7. The maximum absolute atomic E-state index is 2.39. The molecule has 0 spiro atoms. The zero-order valence-electron chi connectivity index (χ0n) is 36.3. The van der Waals surface area contributed by atoms with E-state index in [1.807, 2.05) is 0 Å². The summed E-state index contributed by atoms with van der Waals surface area (Å²) in [6.07, 6.45) is 0. The number of aromatic nitrogens is 1. The highest BCUT2D eigenvalue weighted by atomic mass is 15.1. The Kier molecular flexibility index (Phi) is 9.89. The summed E-state index contributed by atoms with van der Waals surface area (Å²) in [6.45, 7) is 0. The predicted molar refractivity (Wildman–Crippen MR) is 280 cm³/mol. The minimum absolute atomic E-state index is 1.09. The van der Waals surface area contributed by atoms with Crippen LogP contribution in [0, 0.1) is 0 Å². The van der Waals surface area contributed by atoms with Crippen molar-refractivity contribution in [2.24, 2.45) is 0 Å². The van der Waals surface area contributed by atoms with E-state index in [0.717, 1.165) is 22.7 Å². The molecule has 0 radical (unpaired) electrons. The Morgan fingerprint density at radius 2 is 0.652 bits per heavy atom. The Morgan fingerprint density at radius 1 is 0.242 bits per heavy atom. The summed E-state index contributed by atoms with van der Waals surface area (Å²) in [4.78, 5) is 2.36. The van der Waals surface area contributed by atoms with E-state index in [9.17, 15) is 0 Å². The van der Waals surface area contributed by atoms with Gasteiger partial charge in [-0.2, -0.15) is 0 Å². The van der Waals surface area contributed by atoms with Crippen LogP contribution in [-0.2, 0) is 0 Å². The normalized spacial score (nSPS) is 11.3. The molecule has 0 atom stereocenters. The zero-order valence-corrected chi connectivity index (χ0v) is 36.3. The first-order valence-corrected chi connectivity index (χ1v) is 22.7. The quantitative estimate of drug-likeness (QED) is 0.141. The second-order valence-electron chi connectivity index (χ2n) is 16.9. The summed E-state index contributed by atoms with van der Waals surface area (Å²) in [5.74, 6) is 0. The number of anilines is 3. The van der Waals surface area contributed by atoms with E-state index in [1.54, 1.807) is 0 Å². The smallest absolute Gasteiger partial charge is 0.0547 e. The number of fused-ring (bicyclic) bond motifs is 4. The molecule has 0 bridgehead atoms. The van der Waals surface area contributed by atoms with E-state index in [0.29, 0.717) is 0 Å². The fraction of sp³-hybridized carbons (Fsp3) is 0. The first-order chi connectivity index (χ1) is 32.7. The van der Waals surface area contributed by atoms with Gasteiger partial charge in [-0.3, -0.25) is 0 Å². The van der Waals surface area contributed by atoms with Gasteiger partial charge in [-0.25, -0.2) is 0 Å². The first kappa shape index (κ1) is 38.9. The summed E-state index contributed by atoms with van der Waals surface area (Å²) in [6, 6.07) is 96.7. The Bertz CT molecular complexity index is 3640. The van der Waals surface area contributed by atoms with E-state index >= 15 is 0 Å². The van der Waals surface area contributed by atoms with Crippen LogP contribution < -0.4 is 4.90 Å².